The van der Waals surface area contributed by atoms with Crippen molar-refractivity contribution in [3.63, 3.8) is 0 Å². The molecule has 1 N–H and O–H groups in total. The zero-order chi connectivity index (χ0) is 25.4. The summed E-state index contributed by atoms with van der Waals surface area (Å²) in [4.78, 5) is 22.5. The number of anilines is 1. The van der Waals surface area contributed by atoms with E-state index in [1.54, 1.807) is 31.3 Å². The van der Waals surface area contributed by atoms with Gasteiger partial charge in [-0.25, -0.2) is 4.68 Å². The van der Waals surface area contributed by atoms with Crippen LogP contribution in [0.2, 0.25) is 0 Å². The lowest BCUT2D eigenvalue weighted by Gasteiger charge is -2.14. The monoisotopic (exact) mass is 489 g/mol. The van der Waals surface area contributed by atoms with E-state index in [-0.39, 0.29) is 22.6 Å². The van der Waals surface area contributed by atoms with Gasteiger partial charge in [0.25, 0.3) is 5.91 Å². The van der Waals surface area contributed by atoms with E-state index in [2.05, 4.69) is 30.6 Å². The molecular formula is C23H14F3N9O. The largest absolute Gasteiger partial charge is 0.434 e. The molecule has 178 valence electrons. The lowest BCUT2D eigenvalue weighted by Crippen LogP contribution is -2.21. The summed E-state index contributed by atoms with van der Waals surface area (Å²) in [5.41, 5.74) is -0.714. The number of carbonyl (C=O) groups excluding carboxylic acids is 1. The Bertz CT molecular complexity index is 1660. The molecule has 5 rings (SSSR count). The van der Waals surface area contributed by atoms with Crippen molar-refractivity contribution in [3.05, 3.63) is 78.0 Å². The van der Waals surface area contributed by atoms with Gasteiger partial charge in [0.05, 0.1) is 46.6 Å². The maximum absolute atomic E-state index is 14.2. The van der Waals surface area contributed by atoms with Gasteiger partial charge in [0.15, 0.2) is 5.69 Å². The predicted molar refractivity (Wildman–Crippen MR) is 121 cm³/mol. The summed E-state index contributed by atoms with van der Waals surface area (Å²) in [5.74, 6) is -1.06. The number of hydrogen-bond acceptors (Lipinski definition) is 7. The second-order valence-electron chi connectivity index (χ2n) is 7.57. The van der Waals surface area contributed by atoms with Crippen molar-refractivity contribution in [1.29, 1.82) is 5.26 Å². The number of rotatable bonds is 4. The average Bonchev–Trinajstić information content (AvgIpc) is 3.50. The zero-order valence-corrected chi connectivity index (χ0v) is 18.4. The highest BCUT2D eigenvalue weighted by Gasteiger charge is 2.41. The minimum absolute atomic E-state index is 0.0272. The molecule has 0 aliphatic carbocycles. The third-order valence-electron chi connectivity index (χ3n) is 5.24. The lowest BCUT2D eigenvalue weighted by atomic mass is 10.1. The molecule has 1 aromatic carbocycles. The first kappa shape index (κ1) is 22.7. The number of pyridine rings is 2. The van der Waals surface area contributed by atoms with E-state index in [1.165, 1.54) is 35.5 Å². The van der Waals surface area contributed by atoms with Gasteiger partial charge in [-0.05, 0) is 30.3 Å². The van der Waals surface area contributed by atoms with Crippen LogP contribution in [0.5, 0.6) is 0 Å². The fourth-order valence-corrected chi connectivity index (χ4v) is 3.72. The Morgan fingerprint density at radius 3 is 2.64 bits per heavy atom. The van der Waals surface area contributed by atoms with Gasteiger partial charge < -0.3 is 5.32 Å². The number of benzene rings is 1. The molecule has 1 amide bonds. The topological polar surface area (TPSA) is 127 Å². The van der Waals surface area contributed by atoms with Crippen molar-refractivity contribution in [1.82, 2.24) is 34.7 Å². The first-order chi connectivity index (χ1) is 17.3. The van der Waals surface area contributed by atoms with E-state index in [0.717, 1.165) is 6.20 Å². The third-order valence-corrected chi connectivity index (χ3v) is 5.24. The van der Waals surface area contributed by atoms with Crippen molar-refractivity contribution in [3.8, 4) is 23.1 Å². The summed E-state index contributed by atoms with van der Waals surface area (Å²) < 4.78 is 43.2. The van der Waals surface area contributed by atoms with E-state index in [1.807, 2.05) is 6.07 Å². The smallest absolute Gasteiger partial charge is 0.320 e. The molecule has 0 saturated carbocycles. The van der Waals surface area contributed by atoms with Gasteiger partial charge in [-0.1, -0.05) is 6.07 Å². The molecule has 0 atom stereocenters. The van der Waals surface area contributed by atoms with Crippen molar-refractivity contribution in [2.24, 2.45) is 7.05 Å². The molecule has 5 aromatic rings. The van der Waals surface area contributed by atoms with Crippen LogP contribution in [-0.4, -0.2) is 40.6 Å². The number of nitriles is 1. The quantitative estimate of drug-likeness (QED) is 0.407. The number of nitrogens with one attached hydrogen (secondary N) is 1. The van der Waals surface area contributed by atoms with Crippen LogP contribution in [0.4, 0.5) is 18.9 Å². The highest BCUT2D eigenvalue weighted by molar-refractivity contribution is 6.05. The molecule has 0 saturated heterocycles. The summed E-state index contributed by atoms with van der Waals surface area (Å²) in [6, 6.07) is 11.1. The number of amides is 1. The predicted octanol–water partition coefficient (Wildman–Crippen LogP) is 3.75. The molecule has 0 aliphatic rings. The van der Waals surface area contributed by atoms with Gasteiger partial charge in [-0.15, -0.1) is 0 Å². The summed E-state index contributed by atoms with van der Waals surface area (Å²) in [7, 11) is 1.59. The van der Waals surface area contributed by atoms with Crippen LogP contribution in [0.25, 0.3) is 28.0 Å². The SMILES string of the molecule is Cn1ncc(-c2ncc(NC(=O)c3cnn(-c4cccc5ncccc45)c3C(F)(F)F)cc2C#N)n1. The highest BCUT2D eigenvalue weighted by Crippen LogP contribution is 2.35. The second kappa shape index (κ2) is 8.58. The molecule has 4 aromatic heterocycles. The van der Waals surface area contributed by atoms with Crippen LogP contribution in [0, 0.1) is 11.3 Å². The fraction of sp³-hybridized carbons (Fsp3) is 0.0870. The van der Waals surface area contributed by atoms with E-state index in [9.17, 15) is 23.2 Å². The number of carbonyl (C=O) groups is 1. The normalized spacial score (nSPS) is 11.4. The minimum atomic E-state index is -4.90. The van der Waals surface area contributed by atoms with Crippen LogP contribution in [0.1, 0.15) is 21.6 Å². The zero-order valence-electron chi connectivity index (χ0n) is 18.4. The summed E-state index contributed by atoms with van der Waals surface area (Å²) >= 11 is 0. The molecule has 0 bridgehead atoms. The van der Waals surface area contributed by atoms with E-state index in [0.29, 0.717) is 21.3 Å². The molecule has 0 unspecified atom stereocenters. The van der Waals surface area contributed by atoms with Crippen molar-refractivity contribution in [2.75, 3.05) is 5.32 Å². The van der Waals surface area contributed by atoms with Gasteiger partial charge in [0.1, 0.15) is 17.5 Å². The van der Waals surface area contributed by atoms with Crippen molar-refractivity contribution < 1.29 is 18.0 Å². The summed E-state index contributed by atoms with van der Waals surface area (Å²) in [6.07, 6.45) is 0.0995. The minimum Gasteiger partial charge on any atom is -0.320 e. The van der Waals surface area contributed by atoms with Gasteiger partial charge in [0.2, 0.25) is 0 Å². The maximum Gasteiger partial charge on any atom is 0.434 e. The Balaban J connectivity index is 1.53. The number of nitrogens with zero attached hydrogens (tertiary/aromatic N) is 8. The van der Waals surface area contributed by atoms with E-state index < -0.39 is 23.3 Å². The van der Waals surface area contributed by atoms with Crippen molar-refractivity contribution in [2.45, 2.75) is 6.18 Å². The van der Waals surface area contributed by atoms with Crippen LogP contribution in [0.15, 0.2) is 61.2 Å². The molecule has 4 heterocycles. The number of alkyl halides is 3. The summed E-state index contributed by atoms with van der Waals surface area (Å²) in [5, 5.41) is 24.2. The number of aromatic nitrogens is 7. The van der Waals surface area contributed by atoms with Gasteiger partial charge in [-0.3, -0.25) is 14.8 Å². The van der Waals surface area contributed by atoms with Crippen molar-refractivity contribution >= 4 is 22.5 Å². The number of fused-ring (bicyclic) bond motifs is 1. The first-order valence-corrected chi connectivity index (χ1v) is 10.3. The number of halogens is 3. The van der Waals surface area contributed by atoms with E-state index in [4.69, 9.17) is 0 Å². The highest BCUT2D eigenvalue weighted by atomic mass is 19.4. The second-order valence-corrected chi connectivity index (χ2v) is 7.57. The maximum atomic E-state index is 14.2. The standard InChI is InChI=1S/C23H14F3N9O/c1-34-30-12-18(33-34)20-13(9-27)8-14(10-29-20)32-22(36)16-11-31-35(21(16)23(24,25)26)19-6-2-5-17-15(19)4-3-7-28-17/h2-8,10-12H,1H3,(H,32,36). The Hall–Kier alpha value is -5.12. The molecule has 0 spiro atoms. The molecule has 10 nitrogen and oxygen atoms in total. The number of aryl methyl sites for hydroxylation is 1. The molecule has 0 aliphatic heterocycles. The van der Waals surface area contributed by atoms with Crippen LogP contribution in [-0.2, 0) is 13.2 Å². The molecular weight excluding hydrogens is 475 g/mol. The van der Waals surface area contributed by atoms with E-state index >= 15 is 0 Å². The Kier molecular flexibility index (Phi) is 5.40. The molecule has 36 heavy (non-hydrogen) atoms. The van der Waals surface area contributed by atoms with Crippen LogP contribution in [0.3, 0.4) is 0 Å². The van der Waals surface area contributed by atoms with Crippen LogP contribution >= 0.6 is 0 Å². The average molecular weight is 489 g/mol. The summed E-state index contributed by atoms with van der Waals surface area (Å²) in [6.45, 7) is 0. The lowest BCUT2D eigenvalue weighted by molar-refractivity contribution is -0.143. The number of hydrogen-bond donors (Lipinski definition) is 1. The first-order valence-electron chi connectivity index (χ1n) is 10.3. The van der Waals surface area contributed by atoms with Gasteiger partial charge in [-0.2, -0.15) is 38.5 Å². The molecule has 0 radical (unpaired) electrons. The van der Waals surface area contributed by atoms with Gasteiger partial charge in [0, 0.05) is 18.6 Å². The van der Waals surface area contributed by atoms with Crippen LogP contribution < -0.4 is 5.32 Å². The molecule has 13 heteroatoms. The fourth-order valence-electron chi connectivity index (χ4n) is 3.72. The Morgan fingerprint density at radius 2 is 1.92 bits per heavy atom. The third kappa shape index (κ3) is 4.00. The Morgan fingerprint density at radius 1 is 1.08 bits per heavy atom. The Labute approximate surface area is 200 Å². The van der Waals surface area contributed by atoms with Gasteiger partial charge >= 0.3 is 6.18 Å². The molecule has 0 fully saturated rings.